The number of rotatable bonds is 11. The molecule has 9 nitrogen and oxygen atoms in total. The van der Waals surface area contributed by atoms with Crippen molar-refractivity contribution >= 4 is 43.7 Å². The van der Waals surface area contributed by atoms with Crippen molar-refractivity contribution in [2.24, 2.45) is 4.40 Å². The summed E-state index contributed by atoms with van der Waals surface area (Å²) in [6.07, 6.45) is 2.02. The Labute approximate surface area is 205 Å². The third-order valence-electron chi connectivity index (χ3n) is 5.76. The highest BCUT2D eigenvalue weighted by molar-refractivity contribution is 7.88. The van der Waals surface area contributed by atoms with Crippen molar-refractivity contribution < 1.29 is 13.2 Å². The van der Waals surface area contributed by atoms with Crippen molar-refractivity contribution in [3.8, 4) is 0 Å². The molecule has 2 aromatic heterocycles. The first-order valence-corrected chi connectivity index (χ1v) is 13.0. The van der Waals surface area contributed by atoms with Gasteiger partial charge in [0.2, 0.25) is 0 Å². The van der Waals surface area contributed by atoms with E-state index in [0.717, 1.165) is 34.2 Å². The monoisotopic (exact) mass is 494 g/mol. The van der Waals surface area contributed by atoms with Crippen LogP contribution in [0.2, 0.25) is 0 Å². The van der Waals surface area contributed by atoms with Gasteiger partial charge in [-0.25, -0.2) is 9.97 Å². The molecular weight excluding hydrogens is 464 g/mol. The third-order valence-corrected chi connectivity index (χ3v) is 6.84. The number of ether oxygens (including phenoxy) is 1. The van der Waals surface area contributed by atoms with E-state index in [1.165, 1.54) is 0 Å². The number of benzene rings is 2. The van der Waals surface area contributed by atoms with E-state index < -0.39 is 10.2 Å². The van der Waals surface area contributed by atoms with E-state index in [1.54, 1.807) is 14.0 Å². The topological polar surface area (TPSA) is 124 Å². The number of pyridine rings is 1. The number of unbranched alkanes of at least 4 members (excludes halogenated alkanes) is 1. The molecule has 35 heavy (non-hydrogen) atoms. The van der Waals surface area contributed by atoms with Crippen molar-refractivity contribution in [2.75, 3.05) is 26.0 Å². The Bertz CT molecular complexity index is 1450. The molecule has 4 aromatic rings. The lowest BCUT2D eigenvalue weighted by Crippen LogP contribution is -2.24. The van der Waals surface area contributed by atoms with Crippen LogP contribution in [0.25, 0.3) is 21.9 Å². The highest BCUT2D eigenvalue weighted by Gasteiger charge is 2.17. The number of hydrogen-bond donors (Lipinski definition) is 2. The fourth-order valence-electron chi connectivity index (χ4n) is 4.07. The average molecular weight is 495 g/mol. The van der Waals surface area contributed by atoms with Crippen LogP contribution in [0.3, 0.4) is 0 Å². The van der Waals surface area contributed by atoms with Crippen LogP contribution >= 0.6 is 0 Å². The fraction of sp³-hybridized carbons (Fsp3) is 0.320. The molecule has 0 radical (unpaired) electrons. The van der Waals surface area contributed by atoms with Gasteiger partial charge in [0.1, 0.15) is 11.3 Å². The Morgan fingerprint density at radius 2 is 1.83 bits per heavy atom. The zero-order valence-electron chi connectivity index (χ0n) is 19.9. The van der Waals surface area contributed by atoms with Crippen LogP contribution in [-0.4, -0.2) is 48.9 Å². The molecule has 0 saturated carbocycles. The summed E-state index contributed by atoms with van der Waals surface area (Å²) in [5, 5.41) is 0.985. The van der Waals surface area contributed by atoms with E-state index in [2.05, 4.69) is 18.7 Å². The van der Waals surface area contributed by atoms with E-state index >= 15 is 0 Å². The minimum absolute atomic E-state index is 0.290. The molecule has 0 atom stereocenters. The van der Waals surface area contributed by atoms with Gasteiger partial charge in [-0.3, -0.25) is 0 Å². The first kappa shape index (κ1) is 24.8. The van der Waals surface area contributed by atoms with Crippen LogP contribution in [0.4, 0.5) is 5.82 Å². The molecule has 0 amide bonds. The molecule has 0 aliphatic rings. The number of fused-ring (bicyclic) bond motifs is 3. The van der Waals surface area contributed by atoms with Crippen molar-refractivity contribution in [1.29, 1.82) is 0 Å². The molecule has 0 bridgehead atoms. The second-order valence-electron chi connectivity index (χ2n) is 8.25. The van der Waals surface area contributed by atoms with Gasteiger partial charge in [0, 0.05) is 32.0 Å². The number of para-hydroxylation sites is 1. The summed E-state index contributed by atoms with van der Waals surface area (Å²) in [6.45, 7) is 3.17. The Hall–Kier alpha value is -3.34. The lowest BCUT2D eigenvalue weighted by atomic mass is 10.1. The van der Waals surface area contributed by atoms with Crippen molar-refractivity contribution in [3.63, 3.8) is 0 Å². The predicted molar refractivity (Wildman–Crippen MR) is 140 cm³/mol. The predicted octanol–water partition coefficient (Wildman–Crippen LogP) is 3.48. The van der Waals surface area contributed by atoms with Crippen molar-refractivity contribution in [3.05, 3.63) is 66.0 Å². The number of aromatic nitrogens is 3. The molecule has 0 saturated heterocycles. The highest BCUT2D eigenvalue weighted by atomic mass is 32.2. The van der Waals surface area contributed by atoms with Gasteiger partial charge in [-0.1, -0.05) is 48.5 Å². The maximum atomic E-state index is 12.4. The molecule has 2 heterocycles. The maximum Gasteiger partial charge on any atom is 0.320 e. The molecule has 184 valence electrons. The second kappa shape index (κ2) is 10.9. The van der Waals surface area contributed by atoms with Gasteiger partial charge in [-0.05, 0) is 31.4 Å². The zero-order chi connectivity index (χ0) is 24.8. The standard InChI is InChI=1S/C25H30N6O3S/c1-18(19-10-4-3-5-11-19)30-35(32,33)27-15-8-9-16-31-22(14-17-34-2)29-23-24(31)20-12-6-7-13-21(20)28-25(23)26/h3-7,10-13,27H,8-9,14-17H2,1-2H3,(H2,26,28). The molecule has 2 aromatic carbocycles. The molecule has 3 N–H and O–H groups in total. The van der Waals surface area contributed by atoms with Crippen LogP contribution < -0.4 is 10.5 Å². The van der Waals surface area contributed by atoms with E-state index in [4.69, 9.17) is 15.5 Å². The SMILES string of the molecule is COCCc1nc2c(N)nc3ccccc3c2n1CCCCNS(=O)(=O)N=C(C)c1ccccc1. The van der Waals surface area contributed by atoms with E-state index in [0.29, 0.717) is 49.6 Å². The van der Waals surface area contributed by atoms with Crippen LogP contribution in [0.1, 0.15) is 31.2 Å². The Morgan fingerprint density at radius 3 is 2.60 bits per heavy atom. The zero-order valence-corrected chi connectivity index (χ0v) is 20.8. The summed E-state index contributed by atoms with van der Waals surface area (Å²) in [5.41, 5.74) is 9.90. The normalized spacial score (nSPS) is 12.6. The molecule has 10 heteroatoms. The quantitative estimate of drug-likeness (QED) is 0.243. The number of nitrogens with one attached hydrogen (secondary N) is 1. The van der Waals surface area contributed by atoms with Gasteiger partial charge in [-0.2, -0.15) is 17.5 Å². The minimum Gasteiger partial charge on any atom is -0.384 e. The van der Waals surface area contributed by atoms with Gasteiger partial charge < -0.3 is 15.0 Å². The van der Waals surface area contributed by atoms with Crippen LogP contribution in [0.15, 0.2) is 59.0 Å². The maximum absolute atomic E-state index is 12.4. The number of methoxy groups -OCH3 is 1. The van der Waals surface area contributed by atoms with E-state index in [1.807, 2.05) is 54.6 Å². The number of hydrogen-bond acceptors (Lipinski definition) is 6. The van der Waals surface area contributed by atoms with Crippen LogP contribution in [0.5, 0.6) is 0 Å². The van der Waals surface area contributed by atoms with Crippen LogP contribution in [-0.2, 0) is 27.9 Å². The summed E-state index contributed by atoms with van der Waals surface area (Å²) in [7, 11) is -2.12. The number of nitrogens with two attached hydrogens (primary N) is 1. The summed E-state index contributed by atoms with van der Waals surface area (Å²) >= 11 is 0. The third kappa shape index (κ3) is 5.84. The molecule has 0 unspecified atom stereocenters. The van der Waals surface area contributed by atoms with E-state index in [9.17, 15) is 8.42 Å². The average Bonchev–Trinajstić information content (AvgIpc) is 3.22. The number of aryl methyl sites for hydroxylation is 1. The summed E-state index contributed by atoms with van der Waals surface area (Å²) in [4.78, 5) is 9.27. The summed E-state index contributed by atoms with van der Waals surface area (Å²) in [5.74, 6) is 1.27. The Balaban J connectivity index is 1.47. The fourth-order valence-corrected chi connectivity index (χ4v) is 5.00. The highest BCUT2D eigenvalue weighted by Crippen LogP contribution is 2.29. The number of nitrogens with zero attached hydrogens (tertiary/aromatic N) is 4. The first-order valence-electron chi connectivity index (χ1n) is 11.5. The number of imidazole rings is 1. The lowest BCUT2D eigenvalue weighted by molar-refractivity contribution is 0.199. The van der Waals surface area contributed by atoms with Crippen molar-refractivity contribution in [1.82, 2.24) is 19.3 Å². The first-order chi connectivity index (χ1) is 16.9. The van der Waals surface area contributed by atoms with Crippen LogP contribution in [0, 0.1) is 0 Å². The van der Waals surface area contributed by atoms with E-state index in [-0.39, 0.29) is 0 Å². The number of nitrogen functional groups attached to an aromatic ring is 1. The molecule has 0 fully saturated rings. The number of anilines is 1. The Kier molecular flexibility index (Phi) is 7.74. The molecule has 0 aliphatic carbocycles. The summed E-state index contributed by atoms with van der Waals surface area (Å²) in [6, 6.07) is 17.1. The summed E-state index contributed by atoms with van der Waals surface area (Å²) < 4.78 is 38.7. The Morgan fingerprint density at radius 1 is 1.09 bits per heavy atom. The largest absolute Gasteiger partial charge is 0.384 e. The van der Waals surface area contributed by atoms with Gasteiger partial charge in [-0.15, -0.1) is 0 Å². The smallest absolute Gasteiger partial charge is 0.320 e. The minimum atomic E-state index is -3.78. The second-order valence-corrected chi connectivity index (χ2v) is 9.67. The molecule has 4 rings (SSSR count). The lowest BCUT2D eigenvalue weighted by Gasteiger charge is -2.11. The van der Waals surface area contributed by atoms with Gasteiger partial charge in [0.15, 0.2) is 5.82 Å². The molecule has 0 spiro atoms. The van der Waals surface area contributed by atoms with Gasteiger partial charge >= 0.3 is 10.2 Å². The van der Waals surface area contributed by atoms with Crippen molar-refractivity contribution in [2.45, 2.75) is 32.7 Å². The van der Waals surface area contributed by atoms with Gasteiger partial charge in [0.05, 0.1) is 23.4 Å². The van der Waals surface area contributed by atoms with Gasteiger partial charge in [0.25, 0.3) is 0 Å². The molecule has 0 aliphatic heterocycles. The molecular formula is C25H30N6O3S.